The largest absolute Gasteiger partial charge is 0.293 e. The van der Waals surface area contributed by atoms with Crippen molar-refractivity contribution in [1.82, 2.24) is 0 Å². The maximum absolute atomic E-state index is 15.9. The Labute approximate surface area is 307 Å². The van der Waals surface area contributed by atoms with Crippen LogP contribution in [0.3, 0.4) is 0 Å². The van der Waals surface area contributed by atoms with E-state index in [-0.39, 0.29) is 22.3 Å². The van der Waals surface area contributed by atoms with E-state index >= 15 is 19.2 Å². The van der Waals surface area contributed by atoms with Gasteiger partial charge in [-0.2, -0.15) is 0 Å². The van der Waals surface area contributed by atoms with Gasteiger partial charge in [0.1, 0.15) is 10.8 Å². The summed E-state index contributed by atoms with van der Waals surface area (Å²) in [6, 6.07) is 49.5. The summed E-state index contributed by atoms with van der Waals surface area (Å²) in [5.74, 6) is -2.17. The average molecular weight is 691 g/mol. The van der Waals surface area contributed by atoms with E-state index in [1.807, 2.05) is 72.8 Å². The Morgan fingerprint density at radius 3 is 0.870 bits per heavy atom. The second kappa shape index (κ2) is 9.88. The van der Waals surface area contributed by atoms with E-state index in [4.69, 9.17) is 0 Å². The summed E-state index contributed by atoms with van der Waals surface area (Å²) >= 11 is 0. The Bertz CT molecular complexity index is 3040. The zero-order valence-corrected chi connectivity index (χ0v) is 28.6. The summed E-state index contributed by atoms with van der Waals surface area (Å²) < 4.78 is 0. The molecule has 0 amide bonds. The number of carbonyl (C=O) groups excluding carboxylic acids is 4. The number of hydrogen-bond donors (Lipinski definition) is 0. The molecule has 0 N–H and O–H groups in total. The SMILES string of the molecule is O=C1c2ccccc2C(=O)C1(c1ccc2ccc3cccc4ccc1c2c34)C1(c2ccc3ccc4cccc5ccc2c3c45)C(=O)c2ccccc2C1=O. The maximum Gasteiger partial charge on any atom is 0.183 e. The van der Waals surface area contributed by atoms with Gasteiger partial charge >= 0.3 is 0 Å². The van der Waals surface area contributed by atoms with Crippen molar-refractivity contribution in [3.8, 4) is 0 Å². The third-order valence-corrected chi connectivity index (χ3v) is 12.6. The molecular weight excluding hydrogens is 665 g/mol. The van der Waals surface area contributed by atoms with Crippen LogP contribution in [0.5, 0.6) is 0 Å². The van der Waals surface area contributed by atoms with E-state index in [2.05, 4.69) is 36.4 Å². The summed E-state index contributed by atoms with van der Waals surface area (Å²) in [5.41, 5.74) is -3.00. The number of fused-ring (bicyclic) bond motifs is 2. The van der Waals surface area contributed by atoms with Crippen molar-refractivity contribution in [1.29, 1.82) is 0 Å². The second-order valence-electron chi connectivity index (χ2n) is 14.8. The van der Waals surface area contributed by atoms with Gasteiger partial charge in [-0.25, -0.2) is 0 Å². The van der Waals surface area contributed by atoms with Crippen molar-refractivity contribution < 1.29 is 19.2 Å². The molecule has 0 radical (unpaired) electrons. The molecule has 12 rings (SSSR count). The lowest BCUT2D eigenvalue weighted by atomic mass is 9.51. The molecular formula is C50H26O4. The topological polar surface area (TPSA) is 68.3 Å². The van der Waals surface area contributed by atoms with Gasteiger partial charge in [0.05, 0.1) is 0 Å². The van der Waals surface area contributed by atoms with Crippen molar-refractivity contribution in [2.45, 2.75) is 10.8 Å². The predicted octanol–water partition coefficient (Wildman–Crippen LogP) is 10.8. The van der Waals surface area contributed by atoms with E-state index < -0.39 is 34.0 Å². The summed E-state index contributed by atoms with van der Waals surface area (Å²) in [5, 5.41) is 11.1. The first-order valence-electron chi connectivity index (χ1n) is 18.2. The minimum Gasteiger partial charge on any atom is -0.293 e. The second-order valence-corrected chi connectivity index (χ2v) is 14.8. The smallest absolute Gasteiger partial charge is 0.183 e. The molecule has 0 saturated heterocycles. The van der Waals surface area contributed by atoms with Crippen LogP contribution in [0.2, 0.25) is 0 Å². The van der Waals surface area contributed by atoms with Crippen molar-refractivity contribution >= 4 is 87.8 Å². The van der Waals surface area contributed by atoms with Crippen LogP contribution in [0.25, 0.3) is 64.6 Å². The standard InChI is InChI=1S/C50H26O4/c51-45-33-11-1-2-12-34(33)46(52)49(45,39-25-21-31-17-15-27-7-5-9-29-19-23-37(39)43(31)41(27)29)50(47(53)35-13-3-4-14-36(35)48(50)54)40-26-22-32-18-16-28-8-6-10-30-20-24-38(40)44(32)42(28)30/h1-26H. The van der Waals surface area contributed by atoms with Crippen molar-refractivity contribution in [2.75, 3.05) is 0 Å². The Hall–Kier alpha value is -7.04. The van der Waals surface area contributed by atoms with Crippen LogP contribution in [0.4, 0.5) is 0 Å². The molecule has 250 valence electrons. The van der Waals surface area contributed by atoms with Crippen LogP contribution in [-0.4, -0.2) is 23.1 Å². The van der Waals surface area contributed by atoms with E-state index in [0.29, 0.717) is 21.9 Å². The minimum absolute atomic E-state index is 0.210. The van der Waals surface area contributed by atoms with Crippen LogP contribution in [0.15, 0.2) is 158 Å². The number of ketones is 4. The van der Waals surface area contributed by atoms with Crippen LogP contribution in [0, 0.1) is 0 Å². The zero-order valence-electron chi connectivity index (χ0n) is 28.6. The molecule has 4 nitrogen and oxygen atoms in total. The first-order valence-corrected chi connectivity index (χ1v) is 18.2. The van der Waals surface area contributed by atoms with Crippen molar-refractivity contribution in [2.24, 2.45) is 0 Å². The fraction of sp³-hybridized carbons (Fsp3) is 0.0400. The van der Waals surface area contributed by atoms with Gasteiger partial charge in [0.15, 0.2) is 23.1 Å². The monoisotopic (exact) mass is 690 g/mol. The number of Topliss-reactive ketones (excluding diaryl/α,β-unsaturated/α-hetero) is 4. The molecule has 0 fully saturated rings. The highest BCUT2D eigenvalue weighted by Crippen LogP contribution is 2.61. The molecule has 0 unspecified atom stereocenters. The lowest BCUT2D eigenvalue weighted by Gasteiger charge is -2.43. The van der Waals surface area contributed by atoms with Crippen LogP contribution >= 0.6 is 0 Å². The lowest BCUT2D eigenvalue weighted by Crippen LogP contribution is -2.62. The Morgan fingerprint density at radius 1 is 0.259 bits per heavy atom. The molecule has 10 aromatic carbocycles. The van der Waals surface area contributed by atoms with Gasteiger partial charge in [0.25, 0.3) is 0 Å². The molecule has 0 heterocycles. The highest BCUT2D eigenvalue weighted by Gasteiger charge is 2.75. The molecule has 0 spiro atoms. The van der Waals surface area contributed by atoms with Gasteiger partial charge in [-0.3, -0.25) is 19.2 Å². The normalized spacial score (nSPS) is 16.2. The predicted molar refractivity (Wildman–Crippen MR) is 214 cm³/mol. The summed E-state index contributed by atoms with van der Waals surface area (Å²) in [6.45, 7) is 0. The van der Waals surface area contributed by atoms with Crippen LogP contribution in [-0.2, 0) is 10.8 Å². The van der Waals surface area contributed by atoms with Gasteiger partial charge in [-0.05, 0) is 75.8 Å². The average Bonchev–Trinajstić information content (AvgIpc) is 3.59. The highest BCUT2D eigenvalue weighted by atomic mass is 16.2. The molecule has 2 aliphatic rings. The molecule has 54 heavy (non-hydrogen) atoms. The van der Waals surface area contributed by atoms with Gasteiger partial charge in [0.2, 0.25) is 0 Å². The van der Waals surface area contributed by atoms with Gasteiger partial charge < -0.3 is 0 Å². The minimum atomic E-state index is -2.28. The fourth-order valence-corrected chi connectivity index (χ4v) is 10.5. The van der Waals surface area contributed by atoms with E-state index in [0.717, 1.165) is 53.9 Å². The maximum atomic E-state index is 15.9. The van der Waals surface area contributed by atoms with Crippen molar-refractivity contribution in [3.63, 3.8) is 0 Å². The third-order valence-electron chi connectivity index (χ3n) is 12.6. The van der Waals surface area contributed by atoms with E-state index in [1.165, 1.54) is 0 Å². The molecule has 10 aromatic rings. The van der Waals surface area contributed by atoms with Crippen LogP contribution < -0.4 is 0 Å². The molecule has 0 bridgehead atoms. The van der Waals surface area contributed by atoms with Crippen molar-refractivity contribution in [3.05, 3.63) is 191 Å². The first kappa shape index (κ1) is 29.5. The summed E-state index contributed by atoms with van der Waals surface area (Å²) in [6.07, 6.45) is 0. The molecule has 0 saturated carbocycles. The quantitative estimate of drug-likeness (QED) is 0.137. The Kier molecular flexibility index (Phi) is 5.40. The number of hydrogen-bond acceptors (Lipinski definition) is 4. The number of benzene rings is 10. The number of carbonyl (C=O) groups is 4. The van der Waals surface area contributed by atoms with Gasteiger partial charge in [0, 0.05) is 22.3 Å². The van der Waals surface area contributed by atoms with Gasteiger partial charge in [-0.15, -0.1) is 0 Å². The molecule has 4 heteroatoms. The Morgan fingerprint density at radius 2 is 0.537 bits per heavy atom. The Balaban J connectivity index is 1.33. The first-order chi connectivity index (χ1) is 26.5. The number of rotatable bonds is 3. The highest BCUT2D eigenvalue weighted by molar-refractivity contribution is 6.47. The van der Waals surface area contributed by atoms with E-state index in [1.54, 1.807) is 48.5 Å². The lowest BCUT2D eigenvalue weighted by molar-refractivity contribution is 0.0561. The van der Waals surface area contributed by atoms with Gasteiger partial charge in [-0.1, -0.05) is 158 Å². The molecule has 2 aliphatic carbocycles. The molecule has 0 atom stereocenters. The van der Waals surface area contributed by atoms with Crippen LogP contribution in [0.1, 0.15) is 52.6 Å². The van der Waals surface area contributed by atoms with E-state index in [9.17, 15) is 0 Å². The third kappa shape index (κ3) is 3.15. The fourth-order valence-electron chi connectivity index (χ4n) is 10.5. The summed E-state index contributed by atoms with van der Waals surface area (Å²) in [7, 11) is 0. The summed E-state index contributed by atoms with van der Waals surface area (Å²) in [4.78, 5) is 63.8. The molecule has 0 aromatic heterocycles. The molecule has 0 aliphatic heterocycles. The zero-order chi connectivity index (χ0) is 36.1.